The van der Waals surface area contributed by atoms with Crippen molar-refractivity contribution < 1.29 is 14.3 Å². The molecule has 0 radical (unpaired) electrons. The summed E-state index contributed by atoms with van der Waals surface area (Å²) in [4.78, 5) is 40.5. The number of fused-ring (bicyclic) bond motifs is 2. The van der Waals surface area contributed by atoms with Crippen molar-refractivity contribution in [1.29, 1.82) is 0 Å². The number of esters is 1. The zero-order chi connectivity index (χ0) is 19.3. The Morgan fingerprint density at radius 1 is 1.19 bits per heavy atom. The van der Waals surface area contributed by atoms with Crippen molar-refractivity contribution in [2.45, 2.75) is 19.3 Å². The molecule has 27 heavy (non-hydrogen) atoms. The summed E-state index contributed by atoms with van der Waals surface area (Å²) >= 11 is 0. The van der Waals surface area contributed by atoms with E-state index in [-0.39, 0.29) is 23.3 Å². The molecule has 1 atom stereocenters. The van der Waals surface area contributed by atoms with E-state index < -0.39 is 11.9 Å². The summed E-state index contributed by atoms with van der Waals surface area (Å²) in [6, 6.07) is 8.71. The van der Waals surface area contributed by atoms with E-state index in [9.17, 15) is 14.4 Å². The number of benzene rings is 1. The molecule has 7 heteroatoms. The highest BCUT2D eigenvalue weighted by molar-refractivity contribution is 5.82. The van der Waals surface area contributed by atoms with Crippen molar-refractivity contribution in [2.24, 2.45) is 7.05 Å². The van der Waals surface area contributed by atoms with Crippen LogP contribution in [0.25, 0.3) is 10.9 Å². The number of ether oxygens (including phenoxy) is 2. The smallest absolute Gasteiger partial charge is 0.312 e. The number of carbonyl (C=O) groups excluding carboxylic acids is 1. The average molecular weight is 366 g/mol. The van der Waals surface area contributed by atoms with Gasteiger partial charge in [0.1, 0.15) is 11.5 Å². The van der Waals surface area contributed by atoms with Crippen LogP contribution in [0.15, 0.2) is 39.9 Å². The van der Waals surface area contributed by atoms with Gasteiger partial charge in [-0.3, -0.25) is 14.4 Å². The van der Waals surface area contributed by atoms with E-state index >= 15 is 0 Å². The minimum Gasteiger partial charge on any atom is -0.497 e. The summed E-state index contributed by atoms with van der Waals surface area (Å²) in [5.41, 5.74) is 1.39. The number of aryl methyl sites for hydroxylation is 1. The lowest BCUT2D eigenvalue weighted by Crippen LogP contribution is -2.34. The second kappa shape index (κ2) is 6.12. The van der Waals surface area contributed by atoms with Crippen LogP contribution in [-0.4, -0.2) is 22.6 Å². The molecule has 0 unspecified atom stereocenters. The van der Waals surface area contributed by atoms with E-state index in [1.165, 1.54) is 4.57 Å². The van der Waals surface area contributed by atoms with Crippen molar-refractivity contribution in [2.75, 3.05) is 7.11 Å². The van der Waals surface area contributed by atoms with E-state index in [0.29, 0.717) is 28.1 Å². The maximum absolute atomic E-state index is 12.8. The van der Waals surface area contributed by atoms with E-state index in [2.05, 4.69) is 4.98 Å². The van der Waals surface area contributed by atoms with Gasteiger partial charge in [0.2, 0.25) is 0 Å². The predicted octanol–water partition coefficient (Wildman–Crippen LogP) is 1.98. The summed E-state index contributed by atoms with van der Waals surface area (Å²) in [5.74, 6) is -0.266. The van der Waals surface area contributed by atoms with Gasteiger partial charge in [-0.15, -0.1) is 0 Å². The maximum atomic E-state index is 12.8. The monoisotopic (exact) mass is 366 g/mol. The fourth-order valence-electron chi connectivity index (χ4n) is 3.50. The predicted molar refractivity (Wildman–Crippen MR) is 99.6 cm³/mol. The molecule has 138 valence electrons. The van der Waals surface area contributed by atoms with Crippen LogP contribution >= 0.6 is 0 Å². The Bertz CT molecular complexity index is 1210. The van der Waals surface area contributed by atoms with Gasteiger partial charge >= 0.3 is 5.97 Å². The largest absolute Gasteiger partial charge is 0.497 e. The van der Waals surface area contributed by atoms with Gasteiger partial charge in [-0.1, -0.05) is 0 Å². The lowest BCUT2D eigenvalue weighted by Gasteiger charge is -2.25. The highest BCUT2D eigenvalue weighted by Crippen LogP contribution is 2.36. The van der Waals surface area contributed by atoms with Gasteiger partial charge in [0.25, 0.3) is 11.1 Å². The molecule has 1 N–H and O–H groups in total. The molecule has 0 saturated carbocycles. The third-order valence-electron chi connectivity index (χ3n) is 5.07. The minimum atomic E-state index is -0.657. The molecule has 0 aliphatic carbocycles. The Balaban J connectivity index is 1.96. The molecule has 4 rings (SSSR count). The zero-order valence-electron chi connectivity index (χ0n) is 15.2. The molecule has 1 aliphatic rings. The molecule has 0 spiro atoms. The van der Waals surface area contributed by atoms with Crippen LogP contribution in [-0.2, 0) is 11.8 Å². The second-order valence-electron chi connectivity index (χ2n) is 6.67. The van der Waals surface area contributed by atoms with Gasteiger partial charge in [0.15, 0.2) is 0 Å². The Hall–Kier alpha value is -3.35. The summed E-state index contributed by atoms with van der Waals surface area (Å²) in [6.07, 6.45) is -0.0595. The van der Waals surface area contributed by atoms with Crippen molar-refractivity contribution >= 4 is 16.9 Å². The highest BCUT2D eigenvalue weighted by Gasteiger charge is 2.33. The fraction of sp³-hybridized carbons (Fsp3) is 0.250. The number of carbonyl (C=O) groups is 1. The van der Waals surface area contributed by atoms with Gasteiger partial charge in [-0.2, -0.15) is 0 Å². The number of hydrogen-bond donors (Lipinski definition) is 1. The number of rotatable bonds is 2. The highest BCUT2D eigenvalue weighted by atomic mass is 16.5. The summed E-state index contributed by atoms with van der Waals surface area (Å²) < 4.78 is 12.0. The van der Waals surface area contributed by atoms with Gasteiger partial charge in [0, 0.05) is 36.4 Å². The van der Waals surface area contributed by atoms with Crippen LogP contribution in [0.2, 0.25) is 0 Å². The summed E-state index contributed by atoms with van der Waals surface area (Å²) in [6.45, 7) is 1.76. The lowest BCUT2D eigenvalue weighted by molar-refractivity contribution is -0.135. The molecule has 0 amide bonds. The van der Waals surface area contributed by atoms with Crippen LogP contribution in [0.3, 0.4) is 0 Å². The standard InChI is InChI=1S/C20H18N2O5/c1-10-6-16-18(20(25)22(10)2)13(9-17(23)27-16)14-7-11-4-5-12(26-3)8-15(11)21-19(14)24/h4-8,13H,9H2,1-3H3,(H,21,24)/t13-/m1/s1. The third-order valence-corrected chi connectivity index (χ3v) is 5.07. The van der Waals surface area contributed by atoms with Crippen LogP contribution in [0.5, 0.6) is 11.5 Å². The molecular weight excluding hydrogens is 348 g/mol. The molecule has 2 aromatic heterocycles. The number of nitrogens with zero attached hydrogens (tertiary/aromatic N) is 1. The minimum absolute atomic E-state index is 0.0595. The lowest BCUT2D eigenvalue weighted by atomic mass is 9.87. The molecule has 0 bridgehead atoms. The number of nitrogens with one attached hydrogen (secondary N) is 1. The first-order chi connectivity index (χ1) is 12.9. The van der Waals surface area contributed by atoms with E-state index in [1.54, 1.807) is 45.3 Å². The zero-order valence-corrected chi connectivity index (χ0v) is 15.2. The van der Waals surface area contributed by atoms with Crippen LogP contribution in [0, 0.1) is 6.92 Å². The molecule has 0 fully saturated rings. The molecule has 3 aromatic rings. The van der Waals surface area contributed by atoms with E-state index in [0.717, 1.165) is 5.39 Å². The van der Waals surface area contributed by atoms with Crippen molar-refractivity contribution in [1.82, 2.24) is 9.55 Å². The average Bonchev–Trinajstić information content (AvgIpc) is 2.64. The number of aromatic amines is 1. The Kier molecular flexibility index (Phi) is 3.87. The molecule has 3 heterocycles. The number of methoxy groups -OCH3 is 1. The molecule has 0 saturated heterocycles. The van der Waals surface area contributed by atoms with E-state index in [1.807, 2.05) is 6.07 Å². The van der Waals surface area contributed by atoms with Gasteiger partial charge in [-0.25, -0.2) is 0 Å². The van der Waals surface area contributed by atoms with Crippen LogP contribution in [0.4, 0.5) is 0 Å². The first-order valence-corrected chi connectivity index (χ1v) is 8.51. The van der Waals surface area contributed by atoms with Gasteiger partial charge < -0.3 is 19.0 Å². The number of H-pyrrole nitrogens is 1. The summed E-state index contributed by atoms with van der Waals surface area (Å²) in [5, 5.41) is 0.787. The SMILES string of the molecule is COc1ccc2cc([C@H]3CC(=O)Oc4cc(C)n(C)c(=O)c43)c(=O)[nH]c2c1. The number of pyridine rings is 2. The molecule has 7 nitrogen and oxygen atoms in total. The fourth-order valence-corrected chi connectivity index (χ4v) is 3.50. The Labute approximate surface area is 154 Å². The van der Waals surface area contributed by atoms with E-state index in [4.69, 9.17) is 9.47 Å². The number of aromatic nitrogens is 2. The molecular formula is C20H18N2O5. The Morgan fingerprint density at radius 2 is 1.96 bits per heavy atom. The van der Waals surface area contributed by atoms with Crippen LogP contribution < -0.4 is 20.6 Å². The first kappa shape index (κ1) is 17.1. The van der Waals surface area contributed by atoms with Crippen molar-refractivity contribution in [3.63, 3.8) is 0 Å². The molecule has 1 aliphatic heterocycles. The third kappa shape index (κ3) is 2.71. The maximum Gasteiger partial charge on any atom is 0.312 e. The topological polar surface area (TPSA) is 90.4 Å². The Morgan fingerprint density at radius 3 is 2.70 bits per heavy atom. The van der Waals surface area contributed by atoms with Gasteiger partial charge in [-0.05, 0) is 30.5 Å². The number of hydrogen-bond acceptors (Lipinski definition) is 5. The summed E-state index contributed by atoms with van der Waals surface area (Å²) in [7, 11) is 3.21. The van der Waals surface area contributed by atoms with Crippen LogP contribution in [0.1, 0.15) is 29.2 Å². The normalized spacial score (nSPS) is 16.1. The molecule has 1 aromatic carbocycles. The van der Waals surface area contributed by atoms with Crippen molar-refractivity contribution in [3.8, 4) is 11.5 Å². The van der Waals surface area contributed by atoms with Gasteiger partial charge in [0.05, 0.1) is 24.6 Å². The quantitative estimate of drug-likeness (QED) is 0.701. The second-order valence-corrected chi connectivity index (χ2v) is 6.67. The van der Waals surface area contributed by atoms with Crippen molar-refractivity contribution in [3.05, 3.63) is 67.9 Å². The first-order valence-electron chi connectivity index (χ1n) is 8.51.